The first-order valence-corrected chi connectivity index (χ1v) is 5.46. The number of hydrogen-bond acceptors (Lipinski definition) is 3. The summed E-state index contributed by atoms with van der Waals surface area (Å²) in [7, 11) is 0. The van der Waals surface area contributed by atoms with Gasteiger partial charge in [-0.15, -0.1) is 0 Å². The topological polar surface area (TPSA) is 64.9 Å². The molecular formula is C13H17N3O. The van der Waals surface area contributed by atoms with Crippen molar-refractivity contribution in [2.45, 2.75) is 26.3 Å². The average molecular weight is 231 g/mol. The number of carbonyl (C=O) groups is 1. The molecule has 4 nitrogen and oxygen atoms in total. The molecule has 2 N–H and O–H groups in total. The Morgan fingerprint density at radius 1 is 1.35 bits per heavy atom. The minimum Gasteiger partial charge on any atom is -0.324 e. The Hall–Kier alpha value is -1.86. The number of anilines is 1. The normalized spacial score (nSPS) is 10.7. The summed E-state index contributed by atoms with van der Waals surface area (Å²) in [4.78, 5) is 11.6. The van der Waals surface area contributed by atoms with Crippen LogP contribution in [0.3, 0.4) is 0 Å². The van der Waals surface area contributed by atoms with E-state index in [4.69, 9.17) is 5.26 Å². The predicted molar refractivity (Wildman–Crippen MR) is 67.5 cm³/mol. The Kier molecular flexibility index (Phi) is 4.24. The molecule has 0 heterocycles. The van der Waals surface area contributed by atoms with Crippen LogP contribution in [0.15, 0.2) is 24.3 Å². The van der Waals surface area contributed by atoms with E-state index in [1.807, 2.05) is 26.8 Å². The predicted octanol–water partition coefficient (Wildman–Crippen LogP) is 1.88. The summed E-state index contributed by atoms with van der Waals surface area (Å²) in [6, 6.07) is 8.98. The lowest BCUT2D eigenvalue weighted by Gasteiger charge is -2.20. The van der Waals surface area contributed by atoms with Gasteiger partial charge in [0.15, 0.2) is 0 Å². The molecule has 17 heavy (non-hydrogen) atoms. The van der Waals surface area contributed by atoms with E-state index in [0.717, 1.165) is 0 Å². The van der Waals surface area contributed by atoms with Crippen LogP contribution in [-0.4, -0.2) is 18.0 Å². The van der Waals surface area contributed by atoms with Crippen LogP contribution in [-0.2, 0) is 4.79 Å². The van der Waals surface area contributed by atoms with Crippen molar-refractivity contribution < 1.29 is 4.79 Å². The highest BCUT2D eigenvalue weighted by atomic mass is 16.1. The van der Waals surface area contributed by atoms with Gasteiger partial charge in [-0.25, -0.2) is 0 Å². The summed E-state index contributed by atoms with van der Waals surface area (Å²) in [5.41, 5.74) is 0.916. The van der Waals surface area contributed by atoms with Crippen molar-refractivity contribution in [1.29, 1.82) is 5.26 Å². The lowest BCUT2D eigenvalue weighted by atomic mass is 10.1. The van der Waals surface area contributed by atoms with Crippen molar-refractivity contribution in [1.82, 2.24) is 5.32 Å². The largest absolute Gasteiger partial charge is 0.324 e. The molecule has 1 aromatic carbocycles. The second-order valence-corrected chi connectivity index (χ2v) is 4.81. The fourth-order valence-electron chi connectivity index (χ4n) is 1.23. The molecule has 0 aliphatic rings. The Morgan fingerprint density at radius 3 is 2.59 bits per heavy atom. The average Bonchev–Trinajstić information content (AvgIpc) is 2.26. The molecule has 0 radical (unpaired) electrons. The summed E-state index contributed by atoms with van der Waals surface area (Å²) >= 11 is 0. The van der Waals surface area contributed by atoms with Gasteiger partial charge in [0.2, 0.25) is 5.91 Å². The summed E-state index contributed by atoms with van der Waals surface area (Å²) in [5, 5.41) is 14.7. The molecule has 90 valence electrons. The second-order valence-electron chi connectivity index (χ2n) is 4.81. The number of nitrogens with one attached hydrogen (secondary N) is 2. The van der Waals surface area contributed by atoms with Crippen molar-refractivity contribution >= 4 is 11.6 Å². The van der Waals surface area contributed by atoms with Crippen molar-refractivity contribution in [2.24, 2.45) is 0 Å². The van der Waals surface area contributed by atoms with Crippen molar-refractivity contribution in [2.75, 3.05) is 11.9 Å². The Balaban J connectivity index is 2.60. The van der Waals surface area contributed by atoms with E-state index in [1.165, 1.54) is 0 Å². The summed E-state index contributed by atoms with van der Waals surface area (Å²) < 4.78 is 0. The quantitative estimate of drug-likeness (QED) is 0.834. The lowest BCUT2D eigenvalue weighted by Crippen LogP contribution is -2.41. The van der Waals surface area contributed by atoms with Gasteiger partial charge in [0, 0.05) is 5.54 Å². The van der Waals surface area contributed by atoms with Crippen LogP contribution in [0.5, 0.6) is 0 Å². The van der Waals surface area contributed by atoms with E-state index in [0.29, 0.717) is 11.3 Å². The third kappa shape index (κ3) is 4.66. The van der Waals surface area contributed by atoms with E-state index in [1.54, 1.807) is 24.3 Å². The van der Waals surface area contributed by atoms with E-state index in [2.05, 4.69) is 10.6 Å². The Bertz CT molecular complexity index is 441. The Morgan fingerprint density at radius 2 is 2.00 bits per heavy atom. The van der Waals surface area contributed by atoms with Gasteiger partial charge in [0.1, 0.15) is 6.07 Å². The molecular weight excluding hydrogens is 214 g/mol. The molecule has 0 aliphatic heterocycles. The molecule has 0 saturated heterocycles. The van der Waals surface area contributed by atoms with Crippen LogP contribution in [0.25, 0.3) is 0 Å². The molecule has 1 amide bonds. The minimum absolute atomic E-state index is 0.105. The van der Waals surface area contributed by atoms with Crippen LogP contribution in [0.4, 0.5) is 5.69 Å². The molecule has 4 heteroatoms. The first-order chi connectivity index (χ1) is 7.92. The van der Waals surface area contributed by atoms with E-state index >= 15 is 0 Å². The molecule has 1 rings (SSSR count). The zero-order valence-electron chi connectivity index (χ0n) is 10.4. The van der Waals surface area contributed by atoms with Gasteiger partial charge in [-0.3, -0.25) is 4.79 Å². The smallest absolute Gasteiger partial charge is 0.238 e. The van der Waals surface area contributed by atoms with Gasteiger partial charge in [-0.2, -0.15) is 5.26 Å². The third-order valence-corrected chi connectivity index (χ3v) is 2.10. The standard InChI is InChI=1S/C13H17N3O/c1-13(2,3)15-9-12(17)16-11-7-5-4-6-10(11)8-14/h4-7,15H,9H2,1-3H3,(H,16,17). The molecule has 0 bridgehead atoms. The van der Waals surface area contributed by atoms with E-state index in [9.17, 15) is 4.79 Å². The van der Waals surface area contributed by atoms with Crippen molar-refractivity contribution in [3.63, 3.8) is 0 Å². The first-order valence-electron chi connectivity index (χ1n) is 5.46. The van der Waals surface area contributed by atoms with E-state index in [-0.39, 0.29) is 18.0 Å². The van der Waals surface area contributed by atoms with Crippen molar-refractivity contribution in [3.8, 4) is 6.07 Å². The molecule has 0 fully saturated rings. The van der Waals surface area contributed by atoms with Crippen molar-refractivity contribution in [3.05, 3.63) is 29.8 Å². The summed E-state index contributed by atoms with van der Waals surface area (Å²) in [6.07, 6.45) is 0. The zero-order chi connectivity index (χ0) is 12.9. The molecule has 0 unspecified atom stereocenters. The van der Waals surface area contributed by atoms with E-state index < -0.39 is 0 Å². The number of hydrogen-bond donors (Lipinski definition) is 2. The van der Waals surface area contributed by atoms with Gasteiger partial charge in [0.25, 0.3) is 0 Å². The maximum absolute atomic E-state index is 11.6. The third-order valence-electron chi connectivity index (χ3n) is 2.10. The van der Waals surface area contributed by atoms with Gasteiger partial charge >= 0.3 is 0 Å². The summed E-state index contributed by atoms with van der Waals surface area (Å²) in [6.45, 7) is 6.19. The van der Waals surface area contributed by atoms with Gasteiger partial charge in [-0.1, -0.05) is 12.1 Å². The maximum Gasteiger partial charge on any atom is 0.238 e. The number of nitrogens with zero attached hydrogens (tertiary/aromatic N) is 1. The lowest BCUT2D eigenvalue weighted by molar-refractivity contribution is -0.115. The fraction of sp³-hybridized carbons (Fsp3) is 0.385. The first kappa shape index (κ1) is 13.2. The summed E-state index contributed by atoms with van der Waals surface area (Å²) in [5.74, 6) is -0.150. The minimum atomic E-state index is -0.150. The molecule has 0 aromatic heterocycles. The molecule has 0 atom stereocenters. The molecule has 0 aliphatic carbocycles. The molecule has 0 saturated carbocycles. The SMILES string of the molecule is CC(C)(C)NCC(=O)Nc1ccccc1C#N. The van der Waals surface area contributed by atoms with Crippen LogP contribution in [0.2, 0.25) is 0 Å². The number of rotatable bonds is 3. The monoisotopic (exact) mass is 231 g/mol. The maximum atomic E-state index is 11.6. The van der Waals surface area contributed by atoms with Gasteiger partial charge in [-0.05, 0) is 32.9 Å². The number of nitriles is 1. The van der Waals surface area contributed by atoms with Crippen LogP contribution < -0.4 is 10.6 Å². The van der Waals surface area contributed by atoms with Crippen LogP contribution in [0.1, 0.15) is 26.3 Å². The zero-order valence-corrected chi connectivity index (χ0v) is 10.4. The molecule has 1 aromatic rings. The number of amides is 1. The van der Waals surface area contributed by atoms with Crippen LogP contribution in [0, 0.1) is 11.3 Å². The molecule has 0 spiro atoms. The fourth-order valence-corrected chi connectivity index (χ4v) is 1.23. The van der Waals surface area contributed by atoms with Crippen LogP contribution >= 0.6 is 0 Å². The Labute approximate surface area is 102 Å². The highest BCUT2D eigenvalue weighted by molar-refractivity contribution is 5.93. The number of carbonyl (C=O) groups excluding carboxylic acids is 1. The highest BCUT2D eigenvalue weighted by Gasteiger charge is 2.12. The van der Waals surface area contributed by atoms with Gasteiger partial charge in [0.05, 0.1) is 17.8 Å². The highest BCUT2D eigenvalue weighted by Crippen LogP contribution is 2.13. The number of para-hydroxylation sites is 1. The second kappa shape index (κ2) is 5.46. The van der Waals surface area contributed by atoms with Gasteiger partial charge < -0.3 is 10.6 Å². The number of benzene rings is 1.